The van der Waals surface area contributed by atoms with E-state index in [-0.39, 0.29) is 41.4 Å². The molecule has 2 aromatic carbocycles. The van der Waals surface area contributed by atoms with Crippen molar-refractivity contribution in [1.29, 1.82) is 0 Å². The van der Waals surface area contributed by atoms with Gasteiger partial charge in [-0.3, -0.25) is 19.3 Å². The second kappa shape index (κ2) is 6.41. The van der Waals surface area contributed by atoms with Crippen LogP contribution in [0.2, 0.25) is 0 Å². The molecule has 146 valence electrons. The number of anilines is 2. The highest BCUT2D eigenvalue weighted by Crippen LogP contribution is 2.53. The van der Waals surface area contributed by atoms with E-state index >= 15 is 0 Å². The lowest BCUT2D eigenvalue weighted by Crippen LogP contribution is -2.32. The molecule has 3 aliphatic rings. The van der Waals surface area contributed by atoms with Crippen LogP contribution in [-0.2, 0) is 9.59 Å². The standard InChI is InChI=1S/C24H22N2O3/c1-13-3-8-18(11-14(13)2)25-22(27)15-6-9-19(10-7-15)26-23(28)20-16-4-5-17(12-16)21(20)24(26)29/h3-11,16-17,20-21H,12H2,1-2H3,(H,25,27). The van der Waals surface area contributed by atoms with Crippen molar-refractivity contribution in [1.82, 2.24) is 0 Å². The third-order valence-corrected chi connectivity index (χ3v) is 6.62. The van der Waals surface area contributed by atoms with Crippen molar-refractivity contribution >= 4 is 29.1 Å². The summed E-state index contributed by atoms with van der Waals surface area (Å²) in [5.74, 6) is -0.495. The summed E-state index contributed by atoms with van der Waals surface area (Å²) >= 11 is 0. The fourth-order valence-corrected chi connectivity index (χ4v) is 4.94. The summed E-state index contributed by atoms with van der Waals surface area (Å²) < 4.78 is 0. The highest BCUT2D eigenvalue weighted by molar-refractivity contribution is 6.23. The van der Waals surface area contributed by atoms with E-state index < -0.39 is 0 Å². The number of amides is 3. The van der Waals surface area contributed by atoms with Crippen molar-refractivity contribution in [2.24, 2.45) is 23.7 Å². The summed E-state index contributed by atoms with van der Waals surface area (Å²) in [6.07, 6.45) is 5.08. The molecule has 4 unspecified atom stereocenters. The van der Waals surface area contributed by atoms with Gasteiger partial charge >= 0.3 is 0 Å². The Labute approximate surface area is 169 Å². The molecule has 2 aliphatic carbocycles. The first-order valence-electron chi connectivity index (χ1n) is 9.99. The average Bonchev–Trinajstić information content (AvgIpc) is 3.39. The summed E-state index contributed by atoms with van der Waals surface area (Å²) in [5.41, 5.74) is 4.03. The normalized spacial score (nSPS) is 26.9. The van der Waals surface area contributed by atoms with Gasteiger partial charge in [-0.1, -0.05) is 18.2 Å². The van der Waals surface area contributed by atoms with Gasteiger partial charge in [0.25, 0.3) is 5.91 Å². The van der Waals surface area contributed by atoms with Crippen LogP contribution in [0.25, 0.3) is 0 Å². The predicted molar refractivity (Wildman–Crippen MR) is 111 cm³/mol. The van der Waals surface area contributed by atoms with Crippen LogP contribution in [0.5, 0.6) is 0 Å². The average molecular weight is 386 g/mol. The van der Waals surface area contributed by atoms with Crippen molar-refractivity contribution in [2.75, 3.05) is 10.2 Å². The van der Waals surface area contributed by atoms with Gasteiger partial charge in [0.2, 0.25) is 11.8 Å². The van der Waals surface area contributed by atoms with Crippen LogP contribution < -0.4 is 10.2 Å². The maximum absolute atomic E-state index is 12.9. The molecule has 2 aromatic rings. The summed E-state index contributed by atoms with van der Waals surface area (Å²) in [5, 5.41) is 2.89. The Morgan fingerprint density at radius 1 is 0.897 bits per heavy atom. The Balaban J connectivity index is 1.34. The molecule has 5 rings (SSSR count). The fraction of sp³-hybridized carbons (Fsp3) is 0.292. The van der Waals surface area contributed by atoms with Gasteiger partial charge in [0.05, 0.1) is 17.5 Å². The minimum Gasteiger partial charge on any atom is -0.322 e. The zero-order valence-electron chi connectivity index (χ0n) is 16.4. The molecule has 0 spiro atoms. The van der Waals surface area contributed by atoms with Crippen LogP contribution in [0.3, 0.4) is 0 Å². The summed E-state index contributed by atoms with van der Waals surface area (Å²) in [6.45, 7) is 4.02. The molecule has 29 heavy (non-hydrogen) atoms. The van der Waals surface area contributed by atoms with E-state index in [0.717, 1.165) is 17.7 Å². The predicted octanol–water partition coefficient (Wildman–Crippen LogP) is 3.87. The fourth-order valence-electron chi connectivity index (χ4n) is 4.94. The molecule has 0 aromatic heterocycles. The molecule has 1 N–H and O–H groups in total. The highest BCUT2D eigenvalue weighted by atomic mass is 16.2. The lowest BCUT2D eigenvalue weighted by molar-refractivity contribution is -0.123. The number of carbonyl (C=O) groups excluding carboxylic acids is 3. The lowest BCUT2D eigenvalue weighted by atomic mass is 9.85. The van der Waals surface area contributed by atoms with Gasteiger partial charge in [-0.05, 0) is 79.6 Å². The van der Waals surface area contributed by atoms with Crippen LogP contribution >= 0.6 is 0 Å². The van der Waals surface area contributed by atoms with Crippen molar-refractivity contribution < 1.29 is 14.4 Å². The van der Waals surface area contributed by atoms with Crippen molar-refractivity contribution in [3.05, 3.63) is 71.3 Å². The molecule has 0 radical (unpaired) electrons. The van der Waals surface area contributed by atoms with Gasteiger partial charge in [-0.15, -0.1) is 0 Å². The number of nitrogens with one attached hydrogen (secondary N) is 1. The first kappa shape index (κ1) is 17.9. The Kier molecular flexibility index (Phi) is 3.95. The Hall–Kier alpha value is -3.21. The highest BCUT2D eigenvalue weighted by Gasteiger charge is 2.59. The number of rotatable bonds is 3. The lowest BCUT2D eigenvalue weighted by Gasteiger charge is -2.17. The Morgan fingerprint density at radius 2 is 1.52 bits per heavy atom. The van der Waals surface area contributed by atoms with E-state index in [1.54, 1.807) is 24.3 Å². The van der Waals surface area contributed by atoms with E-state index in [9.17, 15) is 14.4 Å². The van der Waals surface area contributed by atoms with E-state index in [0.29, 0.717) is 11.3 Å². The maximum Gasteiger partial charge on any atom is 0.255 e. The van der Waals surface area contributed by atoms with Crippen LogP contribution in [-0.4, -0.2) is 17.7 Å². The molecule has 1 heterocycles. The number of fused-ring (bicyclic) bond motifs is 5. The topological polar surface area (TPSA) is 66.5 Å². The third-order valence-electron chi connectivity index (χ3n) is 6.62. The van der Waals surface area contributed by atoms with Gasteiger partial charge in [-0.2, -0.15) is 0 Å². The summed E-state index contributed by atoms with van der Waals surface area (Å²) in [7, 11) is 0. The molecule has 2 fully saturated rings. The quantitative estimate of drug-likeness (QED) is 0.643. The number of allylic oxidation sites excluding steroid dienone is 2. The minimum atomic E-state index is -0.224. The number of hydrogen-bond acceptors (Lipinski definition) is 3. The van der Waals surface area contributed by atoms with Gasteiger partial charge in [-0.25, -0.2) is 0 Å². The molecular weight excluding hydrogens is 364 g/mol. The minimum absolute atomic E-state index is 0.107. The zero-order valence-corrected chi connectivity index (χ0v) is 16.4. The molecule has 3 amide bonds. The number of carbonyl (C=O) groups is 3. The summed E-state index contributed by atoms with van der Waals surface area (Å²) in [4.78, 5) is 39.7. The van der Waals surface area contributed by atoms with Crippen LogP contribution in [0, 0.1) is 37.5 Å². The van der Waals surface area contributed by atoms with E-state index in [1.165, 1.54) is 10.5 Å². The van der Waals surface area contributed by atoms with Gasteiger partial charge in [0, 0.05) is 11.3 Å². The first-order chi connectivity index (χ1) is 13.9. The molecule has 1 saturated carbocycles. The largest absolute Gasteiger partial charge is 0.322 e. The van der Waals surface area contributed by atoms with Crippen molar-refractivity contribution in [3.63, 3.8) is 0 Å². The molecule has 5 nitrogen and oxygen atoms in total. The van der Waals surface area contributed by atoms with Gasteiger partial charge < -0.3 is 5.32 Å². The number of nitrogens with zero attached hydrogens (tertiary/aromatic N) is 1. The Bertz CT molecular complexity index is 1040. The molecule has 5 heteroatoms. The summed E-state index contributed by atoms with van der Waals surface area (Å²) in [6, 6.07) is 12.5. The monoisotopic (exact) mass is 386 g/mol. The molecule has 4 atom stereocenters. The van der Waals surface area contributed by atoms with Crippen molar-refractivity contribution in [3.8, 4) is 0 Å². The second-order valence-electron chi connectivity index (χ2n) is 8.31. The molecule has 1 aliphatic heterocycles. The van der Waals surface area contributed by atoms with E-state index in [2.05, 4.69) is 17.5 Å². The second-order valence-corrected chi connectivity index (χ2v) is 8.31. The van der Waals surface area contributed by atoms with Crippen molar-refractivity contribution in [2.45, 2.75) is 20.3 Å². The SMILES string of the molecule is Cc1ccc(NC(=O)c2ccc(N3C(=O)C4C5C=CC(C5)C4C3=O)cc2)cc1C. The van der Waals surface area contributed by atoms with Crippen LogP contribution in [0.15, 0.2) is 54.6 Å². The van der Waals surface area contributed by atoms with Crippen LogP contribution in [0.4, 0.5) is 11.4 Å². The number of benzene rings is 2. The maximum atomic E-state index is 12.9. The number of hydrogen-bond donors (Lipinski definition) is 1. The smallest absolute Gasteiger partial charge is 0.255 e. The molecule has 1 saturated heterocycles. The van der Waals surface area contributed by atoms with Gasteiger partial charge in [0.1, 0.15) is 0 Å². The third kappa shape index (κ3) is 2.72. The molecule has 2 bridgehead atoms. The first-order valence-corrected chi connectivity index (χ1v) is 9.99. The van der Waals surface area contributed by atoms with Gasteiger partial charge in [0.15, 0.2) is 0 Å². The van der Waals surface area contributed by atoms with E-state index in [1.807, 2.05) is 32.0 Å². The number of imide groups is 1. The number of aryl methyl sites for hydroxylation is 2. The molecular formula is C24H22N2O3. The Morgan fingerprint density at radius 3 is 2.10 bits per heavy atom. The van der Waals surface area contributed by atoms with E-state index in [4.69, 9.17) is 0 Å². The zero-order chi connectivity index (χ0) is 20.3. The van der Waals surface area contributed by atoms with Crippen LogP contribution in [0.1, 0.15) is 27.9 Å².